The Balaban J connectivity index is 1.41. The third-order valence-corrected chi connectivity index (χ3v) is 4.52. The standard InChI is InChI=1S/C20H19N5O2/c26-19-9-12-25-18(8-11-23-25)24(19)14-15-4-6-16(7-5-15)20(27)22-13-17-3-1-2-10-21-17/h1-8,10-11H,9,12-14H2,(H,22,27). The lowest BCUT2D eigenvalue weighted by Gasteiger charge is -2.27. The summed E-state index contributed by atoms with van der Waals surface area (Å²) in [6.07, 6.45) is 3.85. The molecule has 3 aromatic rings. The number of rotatable bonds is 5. The first-order chi connectivity index (χ1) is 13.2. The van der Waals surface area contributed by atoms with Gasteiger partial charge in [-0.25, -0.2) is 4.68 Å². The van der Waals surface area contributed by atoms with Crippen LogP contribution in [0.3, 0.4) is 0 Å². The zero-order valence-corrected chi connectivity index (χ0v) is 14.7. The lowest BCUT2D eigenvalue weighted by molar-refractivity contribution is -0.119. The van der Waals surface area contributed by atoms with E-state index in [2.05, 4.69) is 15.4 Å². The van der Waals surface area contributed by atoms with Gasteiger partial charge in [0.2, 0.25) is 5.91 Å². The van der Waals surface area contributed by atoms with Gasteiger partial charge in [0.15, 0.2) is 0 Å². The number of amides is 2. The summed E-state index contributed by atoms with van der Waals surface area (Å²) in [5, 5.41) is 7.09. The first-order valence-electron chi connectivity index (χ1n) is 8.80. The van der Waals surface area contributed by atoms with E-state index in [1.54, 1.807) is 29.4 Å². The van der Waals surface area contributed by atoms with E-state index in [4.69, 9.17) is 0 Å². The topological polar surface area (TPSA) is 80.1 Å². The normalized spacial score (nSPS) is 13.3. The smallest absolute Gasteiger partial charge is 0.251 e. The monoisotopic (exact) mass is 361 g/mol. The molecule has 0 spiro atoms. The number of hydrogen-bond acceptors (Lipinski definition) is 4. The number of carbonyl (C=O) groups excluding carboxylic acids is 2. The molecule has 136 valence electrons. The Hall–Kier alpha value is -3.48. The Morgan fingerprint density at radius 1 is 1.07 bits per heavy atom. The maximum Gasteiger partial charge on any atom is 0.251 e. The maximum atomic E-state index is 12.3. The zero-order chi connectivity index (χ0) is 18.6. The number of anilines is 1. The fourth-order valence-electron chi connectivity index (χ4n) is 3.08. The molecule has 4 rings (SSSR count). The van der Waals surface area contributed by atoms with Crippen molar-refractivity contribution in [1.29, 1.82) is 0 Å². The molecule has 0 bridgehead atoms. The van der Waals surface area contributed by atoms with Crippen molar-refractivity contribution in [2.24, 2.45) is 0 Å². The molecule has 2 aromatic heterocycles. The Labute approximate surface area is 156 Å². The van der Waals surface area contributed by atoms with Crippen molar-refractivity contribution in [3.63, 3.8) is 0 Å². The minimum Gasteiger partial charge on any atom is -0.346 e. The van der Waals surface area contributed by atoms with Gasteiger partial charge in [-0.1, -0.05) is 18.2 Å². The van der Waals surface area contributed by atoms with Crippen LogP contribution < -0.4 is 10.2 Å². The van der Waals surface area contributed by atoms with Gasteiger partial charge in [-0.15, -0.1) is 0 Å². The third kappa shape index (κ3) is 3.72. The summed E-state index contributed by atoms with van der Waals surface area (Å²) in [7, 11) is 0. The molecule has 0 radical (unpaired) electrons. The summed E-state index contributed by atoms with van der Waals surface area (Å²) in [4.78, 5) is 30.5. The number of benzene rings is 1. The van der Waals surface area contributed by atoms with Crippen molar-refractivity contribution in [1.82, 2.24) is 20.1 Å². The average Bonchev–Trinajstić information content (AvgIpc) is 3.19. The summed E-state index contributed by atoms with van der Waals surface area (Å²) in [6.45, 7) is 1.46. The molecule has 2 amide bonds. The van der Waals surface area contributed by atoms with Crippen LogP contribution >= 0.6 is 0 Å². The molecular weight excluding hydrogens is 342 g/mol. The van der Waals surface area contributed by atoms with E-state index in [0.717, 1.165) is 17.1 Å². The van der Waals surface area contributed by atoms with Crippen LogP contribution in [0.2, 0.25) is 0 Å². The van der Waals surface area contributed by atoms with Gasteiger partial charge < -0.3 is 5.32 Å². The number of fused-ring (bicyclic) bond motifs is 1. The summed E-state index contributed by atoms with van der Waals surface area (Å²) < 4.78 is 1.83. The molecule has 3 heterocycles. The lowest BCUT2D eigenvalue weighted by Crippen LogP contribution is -2.36. The minimum absolute atomic E-state index is 0.0835. The van der Waals surface area contributed by atoms with E-state index in [1.807, 2.05) is 41.1 Å². The Morgan fingerprint density at radius 3 is 2.70 bits per heavy atom. The molecule has 1 aliphatic heterocycles. The fourth-order valence-corrected chi connectivity index (χ4v) is 3.08. The van der Waals surface area contributed by atoms with E-state index in [1.165, 1.54) is 0 Å². The van der Waals surface area contributed by atoms with Crippen LogP contribution in [0.1, 0.15) is 28.0 Å². The molecule has 0 atom stereocenters. The highest BCUT2D eigenvalue weighted by molar-refractivity contribution is 5.94. The summed E-state index contributed by atoms with van der Waals surface area (Å²) in [5.74, 6) is 0.739. The molecule has 0 saturated carbocycles. The van der Waals surface area contributed by atoms with Crippen LogP contribution in [0.15, 0.2) is 60.9 Å². The number of aryl methyl sites for hydroxylation is 1. The molecule has 1 aliphatic rings. The lowest BCUT2D eigenvalue weighted by atomic mass is 10.1. The Bertz CT molecular complexity index is 950. The number of nitrogens with one attached hydrogen (secondary N) is 1. The van der Waals surface area contributed by atoms with Crippen LogP contribution in [0.4, 0.5) is 5.82 Å². The second kappa shape index (κ2) is 7.41. The van der Waals surface area contributed by atoms with Crippen LogP contribution in [0, 0.1) is 0 Å². The summed E-state index contributed by atoms with van der Waals surface area (Å²) in [5.41, 5.74) is 2.34. The van der Waals surface area contributed by atoms with Gasteiger partial charge in [0.1, 0.15) is 5.82 Å². The number of carbonyl (C=O) groups is 2. The van der Waals surface area contributed by atoms with Gasteiger partial charge >= 0.3 is 0 Å². The van der Waals surface area contributed by atoms with Crippen molar-refractivity contribution in [2.75, 3.05) is 4.90 Å². The number of pyridine rings is 1. The van der Waals surface area contributed by atoms with Crippen molar-refractivity contribution < 1.29 is 9.59 Å². The molecule has 1 N–H and O–H groups in total. The molecule has 1 aromatic carbocycles. The average molecular weight is 361 g/mol. The van der Waals surface area contributed by atoms with E-state index >= 15 is 0 Å². The number of nitrogens with zero attached hydrogens (tertiary/aromatic N) is 4. The van der Waals surface area contributed by atoms with Gasteiger partial charge in [-0.3, -0.25) is 19.5 Å². The second-order valence-corrected chi connectivity index (χ2v) is 6.34. The van der Waals surface area contributed by atoms with E-state index in [0.29, 0.717) is 31.6 Å². The highest BCUT2D eigenvalue weighted by Crippen LogP contribution is 2.23. The van der Waals surface area contributed by atoms with Crippen molar-refractivity contribution in [3.8, 4) is 0 Å². The summed E-state index contributed by atoms with van der Waals surface area (Å²) >= 11 is 0. The number of hydrogen-bond donors (Lipinski definition) is 1. The van der Waals surface area contributed by atoms with Gasteiger partial charge in [0.25, 0.3) is 5.91 Å². The largest absolute Gasteiger partial charge is 0.346 e. The van der Waals surface area contributed by atoms with Crippen molar-refractivity contribution in [2.45, 2.75) is 26.1 Å². The maximum absolute atomic E-state index is 12.3. The van der Waals surface area contributed by atoms with E-state index in [-0.39, 0.29) is 11.8 Å². The fraction of sp³-hybridized carbons (Fsp3) is 0.200. The van der Waals surface area contributed by atoms with Crippen LogP contribution in [0.25, 0.3) is 0 Å². The third-order valence-electron chi connectivity index (χ3n) is 4.52. The minimum atomic E-state index is -0.153. The summed E-state index contributed by atoms with van der Waals surface area (Å²) in [6, 6.07) is 14.7. The molecular formula is C20H19N5O2. The van der Waals surface area contributed by atoms with E-state index in [9.17, 15) is 9.59 Å². The SMILES string of the molecule is O=C(NCc1ccccn1)c1ccc(CN2C(=O)CCn3nccc32)cc1. The molecule has 0 unspecified atom stereocenters. The molecule has 0 saturated heterocycles. The predicted molar refractivity (Wildman–Crippen MR) is 99.9 cm³/mol. The van der Waals surface area contributed by atoms with Crippen molar-refractivity contribution >= 4 is 17.6 Å². The molecule has 0 fully saturated rings. The van der Waals surface area contributed by atoms with Gasteiger partial charge in [-0.05, 0) is 29.8 Å². The molecule has 7 nitrogen and oxygen atoms in total. The Morgan fingerprint density at radius 2 is 1.93 bits per heavy atom. The first-order valence-corrected chi connectivity index (χ1v) is 8.80. The van der Waals surface area contributed by atoms with Crippen LogP contribution in [-0.4, -0.2) is 26.6 Å². The van der Waals surface area contributed by atoms with E-state index < -0.39 is 0 Å². The number of aromatic nitrogens is 3. The van der Waals surface area contributed by atoms with Crippen LogP contribution in [0.5, 0.6) is 0 Å². The highest BCUT2D eigenvalue weighted by atomic mass is 16.2. The quantitative estimate of drug-likeness (QED) is 0.755. The molecule has 7 heteroatoms. The second-order valence-electron chi connectivity index (χ2n) is 6.34. The Kier molecular flexibility index (Phi) is 4.65. The van der Waals surface area contributed by atoms with Gasteiger partial charge in [-0.2, -0.15) is 5.10 Å². The predicted octanol–water partition coefficient (Wildman–Crippen LogP) is 2.14. The van der Waals surface area contributed by atoms with Crippen molar-refractivity contribution in [3.05, 3.63) is 77.7 Å². The highest BCUT2D eigenvalue weighted by Gasteiger charge is 2.24. The zero-order valence-electron chi connectivity index (χ0n) is 14.7. The molecule has 27 heavy (non-hydrogen) atoms. The van der Waals surface area contributed by atoms with Gasteiger partial charge in [0, 0.05) is 24.2 Å². The van der Waals surface area contributed by atoms with Crippen LogP contribution in [-0.2, 0) is 24.4 Å². The first kappa shape index (κ1) is 17.0. The van der Waals surface area contributed by atoms with Gasteiger partial charge in [0.05, 0.1) is 31.5 Å². The molecule has 0 aliphatic carbocycles.